The summed E-state index contributed by atoms with van der Waals surface area (Å²) >= 11 is 0. The normalized spacial score (nSPS) is 13.4. The molecule has 0 aliphatic carbocycles. The van der Waals surface area contributed by atoms with Crippen LogP contribution in [0, 0.1) is 11.3 Å². The minimum Gasteiger partial charge on any atom is -0.137 e. The average Bonchev–Trinajstić information content (AvgIpc) is 1.89. The van der Waals surface area contributed by atoms with Gasteiger partial charge in [0.2, 0.25) is 0 Å². The predicted molar refractivity (Wildman–Crippen MR) is 59.2 cm³/mol. The van der Waals surface area contributed by atoms with E-state index in [-0.39, 0.29) is 0 Å². The zero-order chi connectivity index (χ0) is 9.49. The molecule has 0 aromatic carbocycles. The van der Waals surface area contributed by atoms with Crippen LogP contribution < -0.4 is 0 Å². The number of hydrogen-bond donors (Lipinski definition) is 0. The first kappa shape index (κ1) is 14.0. The Bertz CT molecular complexity index is 71.4. The summed E-state index contributed by atoms with van der Waals surface area (Å²) in [6.45, 7) is 13.2. The topological polar surface area (TPSA) is 0 Å². The van der Waals surface area contributed by atoms with Crippen molar-refractivity contribution >= 4 is 9.24 Å². The van der Waals surface area contributed by atoms with Crippen molar-refractivity contribution in [1.29, 1.82) is 0 Å². The van der Waals surface area contributed by atoms with Crippen LogP contribution in [-0.2, 0) is 0 Å². The van der Waals surface area contributed by atoms with E-state index in [2.05, 4.69) is 36.9 Å². The standard InChI is InChI=1S/C8H19P.C2H6/c1-7(6-9)5-8(2,3)4;1-2/h7H,5-6,9H2,1-4H3;1-2H3. The summed E-state index contributed by atoms with van der Waals surface area (Å²) < 4.78 is 0. The maximum Gasteiger partial charge on any atom is -0.0355 e. The van der Waals surface area contributed by atoms with E-state index in [1.807, 2.05) is 13.8 Å². The molecule has 2 atom stereocenters. The van der Waals surface area contributed by atoms with Gasteiger partial charge in [0, 0.05) is 0 Å². The maximum atomic E-state index is 2.80. The third-order valence-electron chi connectivity index (χ3n) is 1.36. The summed E-state index contributed by atoms with van der Waals surface area (Å²) in [5.74, 6) is 0.856. The summed E-state index contributed by atoms with van der Waals surface area (Å²) in [7, 11) is 2.80. The van der Waals surface area contributed by atoms with Gasteiger partial charge in [-0.1, -0.05) is 41.5 Å². The van der Waals surface area contributed by atoms with Gasteiger partial charge in [-0.05, 0) is 23.9 Å². The van der Waals surface area contributed by atoms with Crippen LogP contribution in [0.1, 0.15) is 48.0 Å². The molecule has 0 saturated carbocycles. The molecular formula is C10H25P. The zero-order valence-corrected chi connectivity index (χ0v) is 10.2. The molecule has 0 aliphatic heterocycles. The largest absolute Gasteiger partial charge is 0.137 e. The molecule has 0 aromatic heterocycles. The SMILES string of the molecule is CC.CC(CP)CC(C)(C)C. The van der Waals surface area contributed by atoms with E-state index in [0.29, 0.717) is 5.41 Å². The van der Waals surface area contributed by atoms with Gasteiger partial charge in [0.15, 0.2) is 0 Å². The molecule has 2 unspecified atom stereocenters. The van der Waals surface area contributed by atoms with Crippen LogP contribution in [0.25, 0.3) is 0 Å². The van der Waals surface area contributed by atoms with Crippen LogP contribution in [0.2, 0.25) is 0 Å². The van der Waals surface area contributed by atoms with Crippen LogP contribution in [0.15, 0.2) is 0 Å². The lowest BCUT2D eigenvalue weighted by Gasteiger charge is -2.21. The second kappa shape index (κ2) is 7.10. The molecule has 0 amide bonds. The van der Waals surface area contributed by atoms with Gasteiger partial charge in [-0.2, -0.15) is 0 Å². The van der Waals surface area contributed by atoms with E-state index < -0.39 is 0 Å². The smallest absolute Gasteiger partial charge is 0.0355 e. The van der Waals surface area contributed by atoms with Gasteiger partial charge in [0.1, 0.15) is 0 Å². The Morgan fingerprint density at radius 2 is 1.55 bits per heavy atom. The van der Waals surface area contributed by atoms with Crippen molar-refractivity contribution in [3.8, 4) is 0 Å². The molecule has 1 heteroatoms. The highest BCUT2D eigenvalue weighted by Crippen LogP contribution is 2.24. The van der Waals surface area contributed by atoms with Crippen LogP contribution in [0.3, 0.4) is 0 Å². The van der Waals surface area contributed by atoms with Crippen LogP contribution >= 0.6 is 9.24 Å². The average molecular weight is 176 g/mol. The minimum atomic E-state index is 0.510. The molecule has 0 bridgehead atoms. The summed E-state index contributed by atoms with van der Waals surface area (Å²) in [5.41, 5.74) is 0.510. The lowest BCUT2D eigenvalue weighted by Crippen LogP contribution is -2.11. The number of hydrogen-bond acceptors (Lipinski definition) is 0. The second-order valence-corrected chi connectivity index (χ2v) is 4.58. The van der Waals surface area contributed by atoms with Gasteiger partial charge >= 0.3 is 0 Å². The molecule has 11 heavy (non-hydrogen) atoms. The first-order chi connectivity index (χ1) is 4.95. The van der Waals surface area contributed by atoms with E-state index in [4.69, 9.17) is 0 Å². The Kier molecular flexibility index (Phi) is 9.02. The van der Waals surface area contributed by atoms with Crippen LogP contribution in [0.5, 0.6) is 0 Å². The van der Waals surface area contributed by atoms with Crippen LogP contribution in [0.4, 0.5) is 0 Å². The van der Waals surface area contributed by atoms with Crippen molar-refractivity contribution in [2.45, 2.75) is 48.0 Å². The molecule has 0 spiro atoms. The minimum absolute atomic E-state index is 0.510. The molecule has 0 fully saturated rings. The first-order valence-electron chi connectivity index (χ1n) is 4.66. The molecule has 70 valence electrons. The van der Waals surface area contributed by atoms with Crippen molar-refractivity contribution in [1.82, 2.24) is 0 Å². The van der Waals surface area contributed by atoms with Gasteiger partial charge in [-0.15, -0.1) is 9.24 Å². The van der Waals surface area contributed by atoms with Crippen molar-refractivity contribution in [3.63, 3.8) is 0 Å². The molecule has 0 radical (unpaired) electrons. The molecule has 0 aromatic rings. The van der Waals surface area contributed by atoms with E-state index >= 15 is 0 Å². The number of rotatable bonds is 2. The Morgan fingerprint density at radius 3 is 1.64 bits per heavy atom. The van der Waals surface area contributed by atoms with Crippen molar-refractivity contribution in [3.05, 3.63) is 0 Å². The second-order valence-electron chi connectivity index (χ2n) is 4.11. The Morgan fingerprint density at radius 1 is 1.18 bits per heavy atom. The fraction of sp³-hybridized carbons (Fsp3) is 1.00. The highest BCUT2D eigenvalue weighted by Gasteiger charge is 2.13. The monoisotopic (exact) mass is 176 g/mol. The summed E-state index contributed by atoms with van der Waals surface area (Å²) in [6, 6.07) is 0. The van der Waals surface area contributed by atoms with Crippen molar-refractivity contribution in [2.24, 2.45) is 11.3 Å². The third-order valence-corrected chi connectivity index (χ3v) is 2.17. The van der Waals surface area contributed by atoms with Gasteiger partial charge < -0.3 is 0 Å². The predicted octanol–water partition coefficient (Wildman–Crippen LogP) is 3.96. The van der Waals surface area contributed by atoms with Gasteiger partial charge in [0.05, 0.1) is 0 Å². The summed E-state index contributed by atoms with van der Waals surface area (Å²) in [4.78, 5) is 0. The lowest BCUT2D eigenvalue weighted by molar-refractivity contribution is 0.323. The van der Waals surface area contributed by atoms with E-state index in [0.717, 1.165) is 5.92 Å². The molecule has 0 saturated heterocycles. The molecule has 0 N–H and O–H groups in total. The fourth-order valence-electron chi connectivity index (χ4n) is 1.13. The quantitative estimate of drug-likeness (QED) is 0.559. The maximum absolute atomic E-state index is 2.80. The zero-order valence-electron chi connectivity index (χ0n) is 9.07. The fourth-order valence-corrected chi connectivity index (χ4v) is 1.30. The lowest BCUT2D eigenvalue weighted by atomic mass is 9.86. The molecule has 0 aliphatic rings. The highest BCUT2D eigenvalue weighted by molar-refractivity contribution is 7.16. The Balaban J connectivity index is 0. The molecule has 0 rings (SSSR count). The van der Waals surface area contributed by atoms with E-state index in [1.165, 1.54) is 12.6 Å². The van der Waals surface area contributed by atoms with Crippen LogP contribution in [-0.4, -0.2) is 6.16 Å². The van der Waals surface area contributed by atoms with Gasteiger partial charge in [-0.3, -0.25) is 0 Å². The summed E-state index contributed by atoms with van der Waals surface area (Å²) in [6.07, 6.45) is 2.56. The Labute approximate surface area is 75.4 Å². The van der Waals surface area contributed by atoms with Gasteiger partial charge in [0.25, 0.3) is 0 Å². The molecule has 0 heterocycles. The third kappa shape index (κ3) is 13.4. The van der Waals surface area contributed by atoms with Crippen molar-refractivity contribution < 1.29 is 0 Å². The van der Waals surface area contributed by atoms with E-state index in [9.17, 15) is 0 Å². The molecular weight excluding hydrogens is 151 g/mol. The highest BCUT2D eigenvalue weighted by atomic mass is 31.0. The van der Waals surface area contributed by atoms with Crippen molar-refractivity contribution in [2.75, 3.05) is 6.16 Å². The van der Waals surface area contributed by atoms with E-state index in [1.54, 1.807) is 0 Å². The summed E-state index contributed by atoms with van der Waals surface area (Å²) in [5, 5.41) is 0. The van der Waals surface area contributed by atoms with Gasteiger partial charge in [-0.25, -0.2) is 0 Å². The molecule has 0 nitrogen and oxygen atoms in total. The Hall–Kier alpha value is 0.430. The first-order valence-corrected chi connectivity index (χ1v) is 5.47.